The highest BCUT2D eigenvalue weighted by atomic mass is 16.5. The van der Waals surface area contributed by atoms with Gasteiger partial charge in [0, 0.05) is 25.4 Å². The molecule has 118 valence electrons. The van der Waals surface area contributed by atoms with E-state index in [0.29, 0.717) is 5.92 Å². The van der Waals surface area contributed by atoms with Gasteiger partial charge >= 0.3 is 0 Å². The third-order valence-corrected chi connectivity index (χ3v) is 4.35. The minimum absolute atomic E-state index is 0.286. The average molecular weight is 291 g/mol. The van der Waals surface area contributed by atoms with E-state index >= 15 is 0 Å². The van der Waals surface area contributed by atoms with Gasteiger partial charge in [0.25, 0.3) is 0 Å². The van der Waals surface area contributed by atoms with E-state index in [1.807, 2.05) is 0 Å². The Hall–Kier alpha value is -1.16. The molecule has 21 heavy (non-hydrogen) atoms. The number of nitrogens with one attached hydrogen (secondary N) is 1. The van der Waals surface area contributed by atoms with Crippen molar-refractivity contribution in [3.63, 3.8) is 0 Å². The van der Waals surface area contributed by atoms with Gasteiger partial charge in [-0.2, -0.15) is 0 Å². The van der Waals surface area contributed by atoms with Crippen molar-refractivity contribution in [2.24, 2.45) is 0 Å². The second kappa shape index (κ2) is 7.21. The fourth-order valence-electron chi connectivity index (χ4n) is 2.95. The Balaban J connectivity index is 2.37. The summed E-state index contributed by atoms with van der Waals surface area (Å²) in [4.78, 5) is 9.60. The number of methoxy groups -OCH3 is 1. The summed E-state index contributed by atoms with van der Waals surface area (Å²) >= 11 is 0. The molecule has 0 radical (unpaired) electrons. The maximum absolute atomic E-state index is 5.91. The predicted octanol–water partition coefficient (Wildman–Crippen LogP) is 4.23. The first-order valence-corrected chi connectivity index (χ1v) is 8.30. The van der Waals surface area contributed by atoms with Gasteiger partial charge < -0.3 is 10.1 Å². The van der Waals surface area contributed by atoms with Crippen LogP contribution in [0.25, 0.3) is 0 Å². The summed E-state index contributed by atoms with van der Waals surface area (Å²) in [6, 6.07) is 2.08. The Kier molecular flexibility index (Phi) is 5.57. The first-order chi connectivity index (χ1) is 10.1. The van der Waals surface area contributed by atoms with E-state index in [1.165, 1.54) is 19.3 Å². The Morgan fingerprint density at radius 3 is 2.52 bits per heavy atom. The molecule has 0 amide bonds. The summed E-state index contributed by atoms with van der Waals surface area (Å²) in [5.74, 6) is 2.20. The molecule has 0 saturated heterocycles. The lowest BCUT2D eigenvalue weighted by atomic mass is 9.83. The monoisotopic (exact) mass is 291 g/mol. The highest BCUT2D eigenvalue weighted by Gasteiger charge is 2.37. The molecule has 0 unspecified atom stereocenters. The standard InChI is InChI=1S/C17H29N3O/c1-5-11-18-15-12-14(13(2)3)19-16(20-15)17(21-4)9-7-6-8-10-17/h12-13H,5-11H2,1-4H3,(H,18,19,20). The number of rotatable bonds is 6. The Morgan fingerprint density at radius 1 is 1.24 bits per heavy atom. The van der Waals surface area contributed by atoms with Crippen molar-refractivity contribution in [1.29, 1.82) is 0 Å². The van der Waals surface area contributed by atoms with Gasteiger partial charge in [-0.3, -0.25) is 0 Å². The quantitative estimate of drug-likeness (QED) is 0.852. The second-order valence-electron chi connectivity index (χ2n) is 6.34. The normalized spacial score (nSPS) is 18.0. The van der Waals surface area contributed by atoms with Crippen LogP contribution in [0.15, 0.2) is 6.07 Å². The summed E-state index contributed by atoms with van der Waals surface area (Å²) in [7, 11) is 1.80. The summed E-state index contributed by atoms with van der Waals surface area (Å²) in [6.45, 7) is 7.45. The van der Waals surface area contributed by atoms with Crippen molar-refractivity contribution in [3.05, 3.63) is 17.6 Å². The zero-order valence-electron chi connectivity index (χ0n) is 13.9. The molecular formula is C17H29N3O. The Morgan fingerprint density at radius 2 is 1.95 bits per heavy atom. The number of anilines is 1. The zero-order chi connectivity index (χ0) is 15.3. The Labute approximate surface area is 128 Å². The van der Waals surface area contributed by atoms with Gasteiger partial charge in [0.2, 0.25) is 0 Å². The molecule has 0 bridgehead atoms. The molecule has 1 aliphatic rings. The van der Waals surface area contributed by atoms with Gasteiger partial charge in [0.1, 0.15) is 11.4 Å². The van der Waals surface area contributed by atoms with Crippen LogP contribution in [0.3, 0.4) is 0 Å². The van der Waals surface area contributed by atoms with Gasteiger partial charge in [-0.15, -0.1) is 0 Å². The van der Waals surface area contributed by atoms with Gasteiger partial charge in [-0.1, -0.05) is 40.0 Å². The molecule has 1 fully saturated rings. The molecule has 1 aliphatic carbocycles. The van der Waals surface area contributed by atoms with Crippen LogP contribution in [0.5, 0.6) is 0 Å². The van der Waals surface area contributed by atoms with Crippen molar-refractivity contribution in [3.8, 4) is 0 Å². The number of nitrogens with zero attached hydrogens (tertiary/aromatic N) is 2. The smallest absolute Gasteiger partial charge is 0.162 e. The average Bonchev–Trinajstić information content (AvgIpc) is 2.53. The van der Waals surface area contributed by atoms with Crippen LogP contribution in [0.4, 0.5) is 5.82 Å². The molecule has 0 aromatic carbocycles. The number of hydrogen-bond donors (Lipinski definition) is 1. The van der Waals surface area contributed by atoms with E-state index in [2.05, 4.69) is 32.2 Å². The maximum atomic E-state index is 5.91. The van der Waals surface area contributed by atoms with Crippen molar-refractivity contribution in [2.45, 2.75) is 70.8 Å². The van der Waals surface area contributed by atoms with Gasteiger partial charge in [0.05, 0.1) is 0 Å². The van der Waals surface area contributed by atoms with E-state index in [9.17, 15) is 0 Å². The van der Waals surface area contributed by atoms with Crippen LogP contribution in [0, 0.1) is 0 Å². The topological polar surface area (TPSA) is 47.0 Å². The van der Waals surface area contributed by atoms with Crippen LogP contribution in [-0.2, 0) is 10.3 Å². The van der Waals surface area contributed by atoms with E-state index in [0.717, 1.165) is 43.1 Å². The molecule has 1 saturated carbocycles. The molecule has 0 atom stereocenters. The molecule has 0 aliphatic heterocycles. The van der Waals surface area contributed by atoms with Gasteiger partial charge in [-0.25, -0.2) is 9.97 Å². The third kappa shape index (κ3) is 3.73. The maximum Gasteiger partial charge on any atom is 0.162 e. The van der Waals surface area contributed by atoms with Crippen LogP contribution < -0.4 is 5.32 Å². The molecule has 1 aromatic rings. The van der Waals surface area contributed by atoms with Crippen LogP contribution in [0.2, 0.25) is 0 Å². The SMILES string of the molecule is CCCNc1cc(C(C)C)nc(C2(OC)CCCCC2)n1. The highest BCUT2D eigenvalue weighted by Crippen LogP contribution is 2.39. The van der Waals surface area contributed by atoms with Crippen molar-refractivity contribution >= 4 is 5.82 Å². The molecule has 1 aromatic heterocycles. The fourth-order valence-corrected chi connectivity index (χ4v) is 2.95. The van der Waals surface area contributed by atoms with E-state index < -0.39 is 0 Å². The number of hydrogen-bond acceptors (Lipinski definition) is 4. The summed E-state index contributed by atoms with van der Waals surface area (Å²) in [5, 5.41) is 3.40. The fraction of sp³-hybridized carbons (Fsp3) is 0.765. The number of aromatic nitrogens is 2. The third-order valence-electron chi connectivity index (χ3n) is 4.35. The van der Waals surface area contributed by atoms with Gasteiger partial charge in [-0.05, 0) is 25.2 Å². The van der Waals surface area contributed by atoms with E-state index in [4.69, 9.17) is 14.7 Å². The molecule has 0 spiro atoms. The first-order valence-electron chi connectivity index (χ1n) is 8.30. The van der Waals surface area contributed by atoms with Crippen LogP contribution >= 0.6 is 0 Å². The van der Waals surface area contributed by atoms with E-state index in [-0.39, 0.29) is 5.60 Å². The van der Waals surface area contributed by atoms with Gasteiger partial charge in [0.15, 0.2) is 5.82 Å². The Bertz CT molecular complexity index is 453. The molecule has 4 nitrogen and oxygen atoms in total. The molecule has 4 heteroatoms. The van der Waals surface area contributed by atoms with Crippen molar-refractivity contribution in [1.82, 2.24) is 9.97 Å². The predicted molar refractivity (Wildman–Crippen MR) is 86.7 cm³/mol. The molecule has 1 heterocycles. The van der Waals surface area contributed by atoms with Crippen molar-refractivity contribution < 1.29 is 4.74 Å². The summed E-state index contributed by atoms with van der Waals surface area (Å²) in [5.41, 5.74) is 0.812. The molecular weight excluding hydrogens is 262 g/mol. The summed E-state index contributed by atoms with van der Waals surface area (Å²) < 4.78 is 5.91. The zero-order valence-corrected chi connectivity index (χ0v) is 13.9. The van der Waals surface area contributed by atoms with E-state index in [1.54, 1.807) is 7.11 Å². The summed E-state index contributed by atoms with van der Waals surface area (Å²) in [6.07, 6.45) is 6.82. The first kappa shape index (κ1) is 16.2. The molecule has 1 N–H and O–H groups in total. The largest absolute Gasteiger partial charge is 0.370 e. The van der Waals surface area contributed by atoms with Crippen molar-refractivity contribution in [2.75, 3.05) is 19.0 Å². The van der Waals surface area contributed by atoms with Crippen LogP contribution in [-0.4, -0.2) is 23.6 Å². The lowest BCUT2D eigenvalue weighted by molar-refractivity contribution is -0.0515. The highest BCUT2D eigenvalue weighted by molar-refractivity contribution is 5.37. The lowest BCUT2D eigenvalue weighted by Gasteiger charge is -2.35. The second-order valence-corrected chi connectivity index (χ2v) is 6.34. The minimum atomic E-state index is -0.286. The number of ether oxygens (including phenoxy) is 1. The molecule has 2 rings (SSSR count). The lowest BCUT2D eigenvalue weighted by Crippen LogP contribution is -2.34. The van der Waals surface area contributed by atoms with Crippen LogP contribution in [0.1, 0.15) is 76.7 Å². The minimum Gasteiger partial charge on any atom is -0.370 e.